The van der Waals surface area contributed by atoms with Crippen LogP contribution < -0.4 is 10.6 Å². The zero-order valence-electron chi connectivity index (χ0n) is 11.1. The van der Waals surface area contributed by atoms with Gasteiger partial charge in [0, 0.05) is 6.54 Å². The van der Waals surface area contributed by atoms with Crippen molar-refractivity contribution in [3.8, 4) is 0 Å². The Labute approximate surface area is 104 Å². The molecule has 0 bridgehead atoms. The largest absolute Gasteiger partial charge is 0.388 e. The molecule has 0 aromatic heterocycles. The summed E-state index contributed by atoms with van der Waals surface area (Å²) in [6.07, 6.45) is 4.88. The molecule has 1 amide bonds. The highest BCUT2D eigenvalue weighted by atomic mass is 16.3. The first kappa shape index (κ1) is 14.5. The standard InChI is InChI=1S/C13H26N2O2/c1-3-7-14-9-12(16)15-10-13(17)6-4-5-11(2)8-13/h11,14,17H,3-10H2,1-2H3,(H,15,16). The lowest BCUT2D eigenvalue weighted by molar-refractivity contribution is -0.122. The molecule has 4 heteroatoms. The summed E-state index contributed by atoms with van der Waals surface area (Å²) in [5, 5.41) is 16.2. The SMILES string of the molecule is CCCNCC(=O)NCC1(O)CCCC(C)C1. The molecule has 0 aliphatic heterocycles. The molecule has 1 fully saturated rings. The van der Waals surface area contributed by atoms with E-state index in [0.717, 1.165) is 32.2 Å². The molecule has 0 heterocycles. The summed E-state index contributed by atoms with van der Waals surface area (Å²) in [5.41, 5.74) is -0.682. The molecule has 1 aliphatic rings. The van der Waals surface area contributed by atoms with Crippen molar-refractivity contribution in [2.24, 2.45) is 5.92 Å². The topological polar surface area (TPSA) is 61.4 Å². The average Bonchev–Trinajstić information content (AvgIpc) is 2.27. The Balaban J connectivity index is 2.21. The summed E-state index contributed by atoms with van der Waals surface area (Å²) in [7, 11) is 0. The van der Waals surface area contributed by atoms with Gasteiger partial charge >= 0.3 is 0 Å². The van der Waals surface area contributed by atoms with Gasteiger partial charge in [0.25, 0.3) is 0 Å². The molecule has 1 rings (SSSR count). The fraction of sp³-hybridized carbons (Fsp3) is 0.923. The first-order chi connectivity index (χ1) is 8.06. The number of carbonyl (C=O) groups excluding carboxylic acids is 1. The number of carbonyl (C=O) groups is 1. The Kier molecular flexibility index (Phi) is 5.92. The van der Waals surface area contributed by atoms with Gasteiger partial charge in [0.2, 0.25) is 5.91 Å². The maximum Gasteiger partial charge on any atom is 0.234 e. The second-order valence-electron chi connectivity index (χ2n) is 5.38. The van der Waals surface area contributed by atoms with Crippen LogP contribution in [-0.2, 0) is 4.79 Å². The Morgan fingerprint density at radius 3 is 2.94 bits per heavy atom. The molecule has 2 atom stereocenters. The number of hydrogen-bond donors (Lipinski definition) is 3. The molecule has 100 valence electrons. The van der Waals surface area contributed by atoms with E-state index in [-0.39, 0.29) is 5.91 Å². The Morgan fingerprint density at radius 2 is 2.29 bits per heavy atom. The number of nitrogens with one attached hydrogen (secondary N) is 2. The predicted molar refractivity (Wildman–Crippen MR) is 68.8 cm³/mol. The fourth-order valence-electron chi connectivity index (χ4n) is 2.50. The molecule has 0 saturated heterocycles. The molecular formula is C13H26N2O2. The van der Waals surface area contributed by atoms with Crippen LogP contribution in [0.5, 0.6) is 0 Å². The van der Waals surface area contributed by atoms with Gasteiger partial charge in [-0.15, -0.1) is 0 Å². The van der Waals surface area contributed by atoms with Gasteiger partial charge in [-0.25, -0.2) is 0 Å². The van der Waals surface area contributed by atoms with E-state index in [9.17, 15) is 9.90 Å². The van der Waals surface area contributed by atoms with Crippen LogP contribution in [0.15, 0.2) is 0 Å². The van der Waals surface area contributed by atoms with Crippen molar-refractivity contribution >= 4 is 5.91 Å². The van der Waals surface area contributed by atoms with E-state index in [1.54, 1.807) is 0 Å². The minimum atomic E-state index is -0.682. The number of aliphatic hydroxyl groups is 1. The van der Waals surface area contributed by atoms with E-state index >= 15 is 0 Å². The summed E-state index contributed by atoms with van der Waals surface area (Å²) in [6, 6.07) is 0. The molecule has 0 spiro atoms. The Morgan fingerprint density at radius 1 is 1.53 bits per heavy atom. The van der Waals surface area contributed by atoms with Crippen molar-refractivity contribution < 1.29 is 9.90 Å². The summed E-state index contributed by atoms with van der Waals surface area (Å²) in [4.78, 5) is 11.5. The minimum Gasteiger partial charge on any atom is -0.388 e. The number of amides is 1. The van der Waals surface area contributed by atoms with Gasteiger partial charge in [0.05, 0.1) is 12.1 Å². The van der Waals surface area contributed by atoms with Gasteiger partial charge in [0.1, 0.15) is 0 Å². The highest BCUT2D eigenvalue weighted by Gasteiger charge is 2.32. The molecule has 0 radical (unpaired) electrons. The molecule has 0 aromatic carbocycles. The third-order valence-electron chi connectivity index (χ3n) is 3.39. The minimum absolute atomic E-state index is 0.0231. The molecule has 17 heavy (non-hydrogen) atoms. The summed E-state index contributed by atoms with van der Waals surface area (Å²) < 4.78 is 0. The predicted octanol–water partition coefficient (Wildman–Crippen LogP) is 1.04. The van der Waals surface area contributed by atoms with Crippen LogP contribution >= 0.6 is 0 Å². The van der Waals surface area contributed by atoms with Gasteiger partial charge in [-0.3, -0.25) is 4.79 Å². The van der Waals surface area contributed by atoms with E-state index in [4.69, 9.17) is 0 Å². The van der Waals surface area contributed by atoms with Crippen LogP contribution in [0.1, 0.15) is 46.0 Å². The fourth-order valence-corrected chi connectivity index (χ4v) is 2.50. The van der Waals surface area contributed by atoms with Crippen molar-refractivity contribution in [3.63, 3.8) is 0 Å². The molecule has 1 aliphatic carbocycles. The lowest BCUT2D eigenvalue weighted by Crippen LogP contribution is -2.47. The highest BCUT2D eigenvalue weighted by molar-refractivity contribution is 5.78. The Hall–Kier alpha value is -0.610. The smallest absolute Gasteiger partial charge is 0.234 e. The first-order valence-electron chi connectivity index (χ1n) is 6.75. The van der Waals surface area contributed by atoms with Crippen LogP contribution in [0.4, 0.5) is 0 Å². The lowest BCUT2D eigenvalue weighted by Gasteiger charge is -2.35. The van der Waals surface area contributed by atoms with Crippen molar-refractivity contribution in [1.29, 1.82) is 0 Å². The molecule has 2 unspecified atom stereocenters. The third kappa shape index (κ3) is 5.50. The molecule has 4 nitrogen and oxygen atoms in total. The van der Waals surface area contributed by atoms with E-state index in [1.165, 1.54) is 6.42 Å². The lowest BCUT2D eigenvalue weighted by atomic mass is 9.79. The molecular weight excluding hydrogens is 216 g/mol. The van der Waals surface area contributed by atoms with Crippen LogP contribution in [-0.4, -0.2) is 36.2 Å². The molecule has 1 saturated carbocycles. The van der Waals surface area contributed by atoms with Crippen LogP contribution in [0.2, 0.25) is 0 Å². The van der Waals surface area contributed by atoms with Crippen molar-refractivity contribution in [2.75, 3.05) is 19.6 Å². The molecule has 0 aromatic rings. The summed E-state index contributed by atoms with van der Waals surface area (Å²) in [5.74, 6) is 0.536. The number of hydrogen-bond acceptors (Lipinski definition) is 3. The van der Waals surface area contributed by atoms with E-state index in [2.05, 4.69) is 24.5 Å². The van der Waals surface area contributed by atoms with Gasteiger partial charge in [-0.2, -0.15) is 0 Å². The second-order valence-corrected chi connectivity index (χ2v) is 5.38. The van der Waals surface area contributed by atoms with E-state index < -0.39 is 5.60 Å². The first-order valence-corrected chi connectivity index (χ1v) is 6.75. The number of rotatable bonds is 6. The van der Waals surface area contributed by atoms with Crippen molar-refractivity contribution in [3.05, 3.63) is 0 Å². The summed E-state index contributed by atoms with van der Waals surface area (Å²) in [6.45, 7) is 5.82. The van der Waals surface area contributed by atoms with Crippen LogP contribution in [0.25, 0.3) is 0 Å². The van der Waals surface area contributed by atoms with Crippen LogP contribution in [0.3, 0.4) is 0 Å². The average molecular weight is 242 g/mol. The molecule has 3 N–H and O–H groups in total. The van der Waals surface area contributed by atoms with Crippen molar-refractivity contribution in [2.45, 2.75) is 51.6 Å². The zero-order chi connectivity index (χ0) is 12.7. The van der Waals surface area contributed by atoms with Gasteiger partial charge < -0.3 is 15.7 Å². The zero-order valence-corrected chi connectivity index (χ0v) is 11.1. The summed E-state index contributed by atoms with van der Waals surface area (Å²) >= 11 is 0. The van der Waals surface area contributed by atoms with Crippen LogP contribution in [0, 0.1) is 5.92 Å². The third-order valence-corrected chi connectivity index (χ3v) is 3.39. The van der Waals surface area contributed by atoms with Gasteiger partial charge in [-0.05, 0) is 31.7 Å². The maximum atomic E-state index is 11.5. The van der Waals surface area contributed by atoms with E-state index in [1.807, 2.05) is 0 Å². The second kappa shape index (κ2) is 6.97. The Bertz CT molecular complexity index is 246. The monoisotopic (exact) mass is 242 g/mol. The van der Waals surface area contributed by atoms with Crippen molar-refractivity contribution in [1.82, 2.24) is 10.6 Å². The normalized spacial score (nSPS) is 29.0. The maximum absolute atomic E-state index is 11.5. The van der Waals surface area contributed by atoms with E-state index in [0.29, 0.717) is 19.0 Å². The van der Waals surface area contributed by atoms with Gasteiger partial charge in [-0.1, -0.05) is 26.7 Å². The highest BCUT2D eigenvalue weighted by Crippen LogP contribution is 2.31. The van der Waals surface area contributed by atoms with Gasteiger partial charge in [0.15, 0.2) is 0 Å². The quantitative estimate of drug-likeness (QED) is 0.610.